The van der Waals surface area contributed by atoms with Crippen LogP contribution in [0.3, 0.4) is 0 Å². The van der Waals surface area contributed by atoms with Gasteiger partial charge in [0.2, 0.25) is 0 Å². The number of aromatic amines is 1. The number of H-pyrrole nitrogens is 1. The molecule has 1 saturated heterocycles. The molecule has 0 saturated carbocycles. The molecule has 1 aromatic rings. The molecule has 21 heavy (non-hydrogen) atoms. The molecule has 1 aliphatic heterocycles. The van der Waals surface area contributed by atoms with Gasteiger partial charge < -0.3 is 24.7 Å². The van der Waals surface area contributed by atoms with Crippen molar-refractivity contribution in [2.45, 2.75) is 24.5 Å². The van der Waals surface area contributed by atoms with Crippen LogP contribution in [0.5, 0.6) is 0 Å². The van der Waals surface area contributed by atoms with Crippen molar-refractivity contribution in [2.75, 3.05) is 6.61 Å². The van der Waals surface area contributed by atoms with Crippen molar-refractivity contribution in [3.63, 3.8) is 0 Å². The molecule has 4 atom stereocenters. The Kier molecular flexibility index (Phi) is 4.39. The van der Waals surface area contributed by atoms with E-state index in [1.54, 1.807) is 0 Å². The van der Waals surface area contributed by atoms with Crippen LogP contribution in [0.25, 0.3) is 0 Å². The quantitative estimate of drug-likeness (QED) is 0.350. The Morgan fingerprint density at radius 3 is 2.62 bits per heavy atom. The highest BCUT2D eigenvalue weighted by molar-refractivity contribution is 7.46. The van der Waals surface area contributed by atoms with Gasteiger partial charge in [0.05, 0.1) is 6.61 Å². The van der Waals surface area contributed by atoms with E-state index in [-0.39, 0.29) is 0 Å². The average molecular weight is 325 g/mol. The molecule has 1 aromatic heterocycles. The molecule has 5 N–H and O–H groups in total. The summed E-state index contributed by atoms with van der Waals surface area (Å²) in [5.74, 6) is 0. The summed E-state index contributed by atoms with van der Waals surface area (Å²) in [6.07, 6.45) is -5.13. The number of hydrogen-bond donors (Lipinski definition) is 5. The first kappa shape index (κ1) is 16.0. The normalized spacial score (nSPS) is 29.7. The third kappa shape index (κ3) is 3.63. The van der Waals surface area contributed by atoms with E-state index >= 15 is 0 Å². The topological polar surface area (TPSA) is 184 Å². The molecule has 2 rings (SSSR count). The molecule has 0 spiro atoms. The van der Waals surface area contributed by atoms with Crippen LogP contribution in [-0.2, 0) is 13.8 Å². The third-order valence-corrected chi connectivity index (χ3v) is 3.21. The fourth-order valence-electron chi connectivity index (χ4n) is 1.78. The Labute approximate surface area is 115 Å². The minimum Gasteiger partial charge on any atom is -0.387 e. The van der Waals surface area contributed by atoms with Crippen molar-refractivity contribution in [3.05, 3.63) is 27.0 Å². The average Bonchev–Trinajstić information content (AvgIpc) is 2.64. The van der Waals surface area contributed by atoms with Gasteiger partial charge in [-0.15, -0.1) is 0 Å². The van der Waals surface area contributed by atoms with E-state index in [4.69, 9.17) is 14.5 Å². The summed E-state index contributed by atoms with van der Waals surface area (Å²) >= 11 is 0. The van der Waals surface area contributed by atoms with Crippen molar-refractivity contribution in [2.24, 2.45) is 0 Å². The lowest BCUT2D eigenvalue weighted by molar-refractivity contribution is -0.0610. The summed E-state index contributed by atoms with van der Waals surface area (Å²) in [5, 5.41) is 23.0. The number of nitrogens with one attached hydrogen (secondary N) is 1. The molecule has 0 amide bonds. The Hall–Kier alpha value is -1.40. The number of rotatable bonds is 4. The lowest BCUT2D eigenvalue weighted by atomic mass is 10.1. The van der Waals surface area contributed by atoms with Gasteiger partial charge in [-0.05, 0) is 0 Å². The standard InChI is InChI=1S/C8H12N3O9P/c12-4-1-9-11(8(15)10-4)7-6(14)5(13)3(20-7)2-19-21(16,17)18/h1,3,5-7,13-14H,2H2,(H,10,12,15)(H2,16,17,18)/t3-,5+,6-,7+/m0/s1. The fraction of sp³-hybridized carbons (Fsp3) is 0.625. The van der Waals surface area contributed by atoms with E-state index in [0.29, 0.717) is 4.68 Å². The molecule has 118 valence electrons. The van der Waals surface area contributed by atoms with Gasteiger partial charge in [-0.3, -0.25) is 14.3 Å². The molecule has 13 heteroatoms. The number of nitrogens with zero attached hydrogens (tertiary/aromatic N) is 2. The minimum atomic E-state index is -4.78. The van der Waals surface area contributed by atoms with E-state index in [0.717, 1.165) is 6.20 Å². The fourth-order valence-corrected chi connectivity index (χ4v) is 2.12. The lowest BCUT2D eigenvalue weighted by Gasteiger charge is -2.15. The number of phosphoric ester groups is 1. The highest BCUT2D eigenvalue weighted by Crippen LogP contribution is 2.38. The summed E-state index contributed by atoms with van der Waals surface area (Å²) in [6.45, 7) is -0.711. The predicted molar refractivity (Wildman–Crippen MR) is 63.0 cm³/mol. The van der Waals surface area contributed by atoms with E-state index in [2.05, 4.69) is 9.62 Å². The Morgan fingerprint density at radius 1 is 1.38 bits per heavy atom. The number of hydrogen-bond acceptors (Lipinski definition) is 8. The van der Waals surface area contributed by atoms with E-state index < -0.39 is 50.2 Å². The maximum atomic E-state index is 11.5. The van der Waals surface area contributed by atoms with Gasteiger partial charge in [0.25, 0.3) is 5.56 Å². The van der Waals surface area contributed by atoms with Crippen LogP contribution in [0.1, 0.15) is 6.23 Å². The summed E-state index contributed by atoms with van der Waals surface area (Å²) in [4.78, 5) is 41.4. The van der Waals surface area contributed by atoms with E-state index in [1.807, 2.05) is 4.98 Å². The maximum Gasteiger partial charge on any atom is 0.469 e. The SMILES string of the molecule is O=c1cnn([C@@H]2O[C@@H](COP(=O)(O)O)[C@@H](O)[C@@H]2O)c(=O)[nH]1. The Balaban J connectivity index is 2.18. The molecule has 1 aliphatic rings. The van der Waals surface area contributed by atoms with Crippen LogP contribution >= 0.6 is 7.82 Å². The van der Waals surface area contributed by atoms with Gasteiger partial charge >= 0.3 is 13.5 Å². The lowest BCUT2D eigenvalue weighted by Crippen LogP contribution is -2.39. The van der Waals surface area contributed by atoms with E-state index in [1.165, 1.54) is 0 Å². The largest absolute Gasteiger partial charge is 0.469 e. The summed E-state index contributed by atoms with van der Waals surface area (Å²) in [7, 11) is -4.78. The van der Waals surface area contributed by atoms with Crippen molar-refractivity contribution in [3.8, 4) is 0 Å². The molecule has 0 bridgehead atoms. The molecule has 2 heterocycles. The monoisotopic (exact) mass is 325 g/mol. The molecule has 0 aromatic carbocycles. The first-order valence-corrected chi connectivity index (χ1v) is 7.12. The molecular weight excluding hydrogens is 313 g/mol. The minimum absolute atomic E-state index is 0.590. The number of ether oxygens (including phenoxy) is 1. The summed E-state index contributed by atoms with van der Waals surface area (Å²) in [6, 6.07) is 0. The van der Waals surface area contributed by atoms with Crippen molar-refractivity contribution in [1.82, 2.24) is 14.8 Å². The Bertz CT molecular complexity index is 665. The first-order valence-electron chi connectivity index (χ1n) is 5.59. The van der Waals surface area contributed by atoms with Crippen LogP contribution < -0.4 is 11.2 Å². The third-order valence-electron chi connectivity index (χ3n) is 2.72. The zero-order valence-electron chi connectivity index (χ0n) is 10.3. The first-order chi connectivity index (χ1) is 9.69. The van der Waals surface area contributed by atoms with Crippen molar-refractivity contribution in [1.29, 1.82) is 0 Å². The molecule has 12 nitrogen and oxygen atoms in total. The number of aromatic nitrogens is 3. The number of aliphatic hydroxyl groups excluding tert-OH is 2. The number of aliphatic hydroxyl groups is 2. The highest BCUT2D eigenvalue weighted by atomic mass is 31.2. The Morgan fingerprint density at radius 2 is 2.05 bits per heavy atom. The van der Waals surface area contributed by atoms with Crippen LogP contribution in [0, 0.1) is 0 Å². The van der Waals surface area contributed by atoms with Gasteiger partial charge in [-0.1, -0.05) is 0 Å². The van der Waals surface area contributed by atoms with Gasteiger partial charge in [-0.25, -0.2) is 9.36 Å². The zero-order valence-corrected chi connectivity index (χ0v) is 11.2. The number of phosphoric acid groups is 1. The maximum absolute atomic E-state index is 11.5. The molecule has 0 radical (unpaired) electrons. The molecule has 0 unspecified atom stereocenters. The second-order valence-electron chi connectivity index (χ2n) is 4.22. The smallest absolute Gasteiger partial charge is 0.387 e. The van der Waals surface area contributed by atoms with Gasteiger partial charge in [-0.2, -0.15) is 9.78 Å². The second kappa shape index (κ2) is 5.77. The van der Waals surface area contributed by atoms with Gasteiger partial charge in [0.15, 0.2) is 6.23 Å². The van der Waals surface area contributed by atoms with Crippen LogP contribution in [0.15, 0.2) is 15.8 Å². The van der Waals surface area contributed by atoms with Gasteiger partial charge in [0, 0.05) is 0 Å². The summed E-state index contributed by atoms with van der Waals surface area (Å²) in [5.41, 5.74) is -1.74. The molecular formula is C8H12N3O9P. The van der Waals surface area contributed by atoms with Crippen LogP contribution in [0.2, 0.25) is 0 Å². The van der Waals surface area contributed by atoms with Crippen LogP contribution in [-0.4, -0.2) is 59.7 Å². The van der Waals surface area contributed by atoms with Crippen molar-refractivity contribution >= 4 is 7.82 Å². The second-order valence-corrected chi connectivity index (χ2v) is 5.46. The predicted octanol–water partition coefficient (Wildman–Crippen LogP) is -3.34. The zero-order chi connectivity index (χ0) is 15.8. The summed E-state index contributed by atoms with van der Waals surface area (Å²) < 4.78 is 20.4. The van der Waals surface area contributed by atoms with Crippen LogP contribution in [0.4, 0.5) is 0 Å². The molecule has 1 fully saturated rings. The highest BCUT2D eigenvalue weighted by Gasteiger charge is 2.45. The molecule has 0 aliphatic carbocycles. The van der Waals surface area contributed by atoms with E-state index in [9.17, 15) is 24.4 Å². The van der Waals surface area contributed by atoms with Crippen molar-refractivity contribution < 1.29 is 33.8 Å². The van der Waals surface area contributed by atoms with Gasteiger partial charge in [0.1, 0.15) is 24.5 Å².